The van der Waals surface area contributed by atoms with Gasteiger partial charge in [-0.25, -0.2) is 0 Å². The molecule has 1 aliphatic heterocycles. The van der Waals surface area contributed by atoms with E-state index in [0.29, 0.717) is 0 Å². The Morgan fingerprint density at radius 3 is 2.40 bits per heavy atom. The number of nitrogens with one attached hydrogen (secondary N) is 1. The first-order valence-corrected chi connectivity index (χ1v) is 2.69. The second kappa shape index (κ2) is 1.14. The highest BCUT2D eigenvalue weighted by Crippen LogP contribution is 2.07. The molecule has 1 saturated heterocycles. The molecule has 0 aromatic rings. The lowest BCUT2D eigenvalue weighted by Crippen LogP contribution is -2.28. The van der Waals surface area contributed by atoms with Gasteiger partial charge in [-0.15, -0.1) is 0 Å². The summed E-state index contributed by atoms with van der Waals surface area (Å²) in [5, 5.41) is 2.90. The van der Waals surface area contributed by atoms with Crippen molar-refractivity contribution in [2.24, 2.45) is 0 Å². The molecule has 0 saturated carbocycles. The van der Waals surface area contributed by atoms with Gasteiger partial charge in [-0.05, 0) is 0 Å². The van der Waals surface area contributed by atoms with E-state index in [2.05, 4.69) is 17.5 Å². The molecule has 1 rings (SSSR count). The first-order chi connectivity index (χ1) is 2.39. The Kier molecular flexibility index (Phi) is 0.784. The van der Waals surface area contributed by atoms with Crippen molar-refractivity contribution in [2.45, 2.75) is 0 Å². The fraction of sp³-hybridized carbons (Fsp3) is 0.500. The summed E-state index contributed by atoms with van der Waals surface area (Å²) in [6.07, 6.45) is 0. The van der Waals surface area contributed by atoms with Crippen molar-refractivity contribution in [3.63, 3.8) is 0 Å². The van der Waals surface area contributed by atoms with Crippen molar-refractivity contribution in [2.75, 3.05) is 5.88 Å². The highest BCUT2D eigenvalue weighted by atomic mass is 32.2. The van der Waals surface area contributed by atoms with Crippen LogP contribution in [0.2, 0.25) is 0 Å². The zero-order valence-corrected chi connectivity index (χ0v) is 4.16. The molecule has 0 aliphatic carbocycles. The van der Waals surface area contributed by atoms with Crippen molar-refractivity contribution >= 4 is 28.3 Å². The lowest BCUT2D eigenvalue weighted by molar-refractivity contribution is 1.15. The second-order valence-electron chi connectivity index (χ2n) is 0.753. The SMILES string of the molecule is S=C1NCS1. The maximum absolute atomic E-state index is 4.64. The summed E-state index contributed by atoms with van der Waals surface area (Å²) >= 11 is 6.32. The van der Waals surface area contributed by atoms with Crippen LogP contribution in [0.4, 0.5) is 0 Å². The number of thioether (sulfide) groups is 1. The maximum Gasteiger partial charge on any atom is 0.136 e. The summed E-state index contributed by atoms with van der Waals surface area (Å²) in [6, 6.07) is 0. The van der Waals surface area contributed by atoms with Gasteiger partial charge < -0.3 is 5.32 Å². The van der Waals surface area contributed by atoms with E-state index in [-0.39, 0.29) is 0 Å². The van der Waals surface area contributed by atoms with Gasteiger partial charge >= 0.3 is 0 Å². The van der Waals surface area contributed by atoms with Crippen LogP contribution in [0.3, 0.4) is 0 Å². The Morgan fingerprint density at radius 1 is 2.00 bits per heavy atom. The molecule has 1 fully saturated rings. The third-order valence-electron chi connectivity index (χ3n) is 0.420. The predicted octanol–water partition coefficient (Wildman–Crippen LogP) is 0.565. The molecule has 0 spiro atoms. The first kappa shape index (κ1) is 3.43. The van der Waals surface area contributed by atoms with E-state index in [0.717, 1.165) is 10.2 Å². The van der Waals surface area contributed by atoms with Crippen molar-refractivity contribution in [3.05, 3.63) is 0 Å². The van der Waals surface area contributed by atoms with Gasteiger partial charge in [0.25, 0.3) is 0 Å². The number of rotatable bonds is 0. The summed E-state index contributed by atoms with van der Waals surface area (Å²) in [6.45, 7) is 0. The fourth-order valence-electron chi connectivity index (χ4n) is 0.131. The molecule has 0 radical (unpaired) electrons. The topological polar surface area (TPSA) is 12.0 Å². The Morgan fingerprint density at radius 2 is 2.40 bits per heavy atom. The molecule has 0 aromatic heterocycles. The quantitative estimate of drug-likeness (QED) is 0.452. The van der Waals surface area contributed by atoms with E-state index in [1.165, 1.54) is 0 Å². The minimum Gasteiger partial charge on any atom is -0.361 e. The van der Waals surface area contributed by atoms with Crippen LogP contribution < -0.4 is 5.32 Å². The molecule has 28 valence electrons. The smallest absolute Gasteiger partial charge is 0.136 e. The second-order valence-corrected chi connectivity index (χ2v) is 2.41. The normalized spacial score (nSPS) is 20.4. The number of hydrogen-bond acceptors (Lipinski definition) is 2. The maximum atomic E-state index is 4.64. The van der Waals surface area contributed by atoms with Gasteiger partial charge in [-0.1, -0.05) is 24.0 Å². The fourth-order valence-corrected chi connectivity index (χ4v) is 0.747. The lowest BCUT2D eigenvalue weighted by Gasteiger charge is -2.13. The molecule has 5 heavy (non-hydrogen) atoms. The van der Waals surface area contributed by atoms with Crippen molar-refractivity contribution in [1.82, 2.24) is 5.32 Å². The van der Waals surface area contributed by atoms with Gasteiger partial charge in [-0.2, -0.15) is 0 Å². The van der Waals surface area contributed by atoms with Crippen molar-refractivity contribution < 1.29 is 0 Å². The van der Waals surface area contributed by atoms with Gasteiger partial charge in [0.05, 0.1) is 5.88 Å². The van der Waals surface area contributed by atoms with Crippen LogP contribution in [0, 0.1) is 0 Å². The van der Waals surface area contributed by atoms with Crippen LogP contribution >= 0.6 is 24.0 Å². The van der Waals surface area contributed by atoms with E-state index < -0.39 is 0 Å². The number of hydrogen-bond donors (Lipinski definition) is 1. The summed E-state index contributed by atoms with van der Waals surface area (Å²) in [7, 11) is 0. The van der Waals surface area contributed by atoms with Crippen LogP contribution in [-0.4, -0.2) is 10.2 Å². The highest BCUT2D eigenvalue weighted by molar-refractivity contribution is 8.24. The van der Waals surface area contributed by atoms with Crippen molar-refractivity contribution in [1.29, 1.82) is 0 Å². The Labute approximate surface area is 40.1 Å². The Balaban J connectivity index is 2.32. The van der Waals surface area contributed by atoms with Crippen LogP contribution in [0.5, 0.6) is 0 Å². The van der Waals surface area contributed by atoms with E-state index in [1.54, 1.807) is 11.8 Å². The van der Waals surface area contributed by atoms with Crippen LogP contribution in [0.25, 0.3) is 0 Å². The molecule has 1 aliphatic rings. The van der Waals surface area contributed by atoms with E-state index in [9.17, 15) is 0 Å². The van der Waals surface area contributed by atoms with Crippen molar-refractivity contribution in [3.8, 4) is 0 Å². The number of thiocarbonyl (C=S) groups is 1. The monoisotopic (exact) mass is 105 g/mol. The first-order valence-electron chi connectivity index (χ1n) is 1.30. The lowest BCUT2D eigenvalue weighted by atomic mass is 11.2. The zero-order valence-electron chi connectivity index (χ0n) is 2.52. The molecule has 0 aromatic carbocycles. The molecule has 1 nitrogen and oxygen atoms in total. The predicted molar refractivity (Wildman–Crippen MR) is 28.2 cm³/mol. The van der Waals surface area contributed by atoms with Gasteiger partial charge in [0.2, 0.25) is 0 Å². The van der Waals surface area contributed by atoms with Gasteiger partial charge in [0.1, 0.15) is 4.32 Å². The van der Waals surface area contributed by atoms with E-state index >= 15 is 0 Å². The molecule has 1 heterocycles. The van der Waals surface area contributed by atoms with Crippen LogP contribution in [0.1, 0.15) is 0 Å². The third-order valence-corrected chi connectivity index (χ3v) is 1.61. The average Bonchev–Trinajstić information content (AvgIpc) is 1.30. The molecule has 0 bridgehead atoms. The molecule has 0 unspecified atom stereocenters. The minimum absolute atomic E-state index is 0.935. The molecular formula is C2H3NS2. The summed E-state index contributed by atoms with van der Waals surface area (Å²) in [5.74, 6) is 1.01. The molecular weight excluding hydrogens is 102 g/mol. The standard InChI is InChI=1S/C2H3NS2/c4-2-3-1-5-2/h1H2,(H,3,4). The molecule has 0 amide bonds. The highest BCUT2D eigenvalue weighted by Gasteiger charge is 2.03. The Bertz CT molecular complexity index is 54.7. The van der Waals surface area contributed by atoms with Gasteiger partial charge in [0, 0.05) is 0 Å². The summed E-state index contributed by atoms with van der Waals surface area (Å²) in [5.41, 5.74) is 0. The molecule has 1 N–H and O–H groups in total. The Hall–Kier alpha value is 0.240. The molecule has 3 heteroatoms. The largest absolute Gasteiger partial charge is 0.361 e. The van der Waals surface area contributed by atoms with Crippen LogP contribution in [-0.2, 0) is 0 Å². The van der Waals surface area contributed by atoms with Gasteiger partial charge in [0.15, 0.2) is 0 Å². The minimum atomic E-state index is 0.935. The summed E-state index contributed by atoms with van der Waals surface area (Å²) in [4.78, 5) is 0. The zero-order chi connectivity index (χ0) is 3.70. The average molecular weight is 105 g/mol. The van der Waals surface area contributed by atoms with Crippen LogP contribution in [0.15, 0.2) is 0 Å². The third kappa shape index (κ3) is 0.546. The van der Waals surface area contributed by atoms with E-state index in [4.69, 9.17) is 0 Å². The van der Waals surface area contributed by atoms with E-state index in [1.807, 2.05) is 0 Å². The summed E-state index contributed by atoms with van der Waals surface area (Å²) < 4.78 is 0.935. The molecule has 0 atom stereocenters. The van der Waals surface area contributed by atoms with Gasteiger partial charge in [-0.3, -0.25) is 0 Å².